The summed E-state index contributed by atoms with van der Waals surface area (Å²) in [6, 6.07) is 0. The van der Waals surface area contributed by atoms with Crippen molar-refractivity contribution in [1.82, 2.24) is 0 Å². The van der Waals surface area contributed by atoms with Crippen molar-refractivity contribution in [2.75, 3.05) is 7.11 Å². The number of ether oxygens (including phenoxy) is 1. The molecule has 0 spiro atoms. The van der Waals surface area contributed by atoms with Crippen molar-refractivity contribution in [3.8, 4) is 0 Å². The molecule has 0 fully saturated rings. The van der Waals surface area contributed by atoms with Gasteiger partial charge in [0.1, 0.15) is 5.41 Å². The Morgan fingerprint density at radius 1 is 1.45 bits per heavy atom. The summed E-state index contributed by atoms with van der Waals surface area (Å²) >= 11 is 0. The van der Waals surface area contributed by atoms with Crippen LogP contribution in [0.4, 0.5) is 0 Å². The maximum absolute atomic E-state index is 11.0. The molecular weight excluding hydrogens is 144 g/mol. The van der Waals surface area contributed by atoms with E-state index in [1.165, 1.54) is 21.0 Å². The molecule has 0 aromatic rings. The van der Waals surface area contributed by atoms with Gasteiger partial charge in [-0.25, -0.2) is 0 Å². The number of hydrogen-bond donors (Lipinski definition) is 0. The lowest BCUT2D eigenvalue weighted by Gasteiger charge is -2.16. The summed E-state index contributed by atoms with van der Waals surface area (Å²) in [5.41, 5.74) is -1.10. The van der Waals surface area contributed by atoms with Crippen LogP contribution in [-0.4, -0.2) is 18.9 Å². The summed E-state index contributed by atoms with van der Waals surface area (Å²) in [5, 5.41) is 0. The molecule has 11 heavy (non-hydrogen) atoms. The zero-order valence-electron chi connectivity index (χ0n) is 7.01. The fourth-order valence-electron chi connectivity index (χ4n) is 0.611. The van der Waals surface area contributed by atoms with Crippen LogP contribution in [0.3, 0.4) is 0 Å². The molecule has 0 radical (unpaired) electrons. The van der Waals surface area contributed by atoms with E-state index in [1.54, 1.807) is 0 Å². The Hall–Kier alpha value is -1.12. The molecule has 0 saturated heterocycles. The highest BCUT2D eigenvalue weighted by atomic mass is 16.5. The minimum Gasteiger partial charge on any atom is -0.468 e. The molecule has 0 heterocycles. The number of hydrogen-bond acceptors (Lipinski definition) is 3. The number of allylic oxidation sites excluding steroid dienone is 1. The second-order valence-electron chi connectivity index (χ2n) is 2.68. The Bertz CT molecular complexity index is 192. The Kier molecular flexibility index (Phi) is 2.99. The Labute approximate surface area is 66.0 Å². The van der Waals surface area contributed by atoms with Gasteiger partial charge >= 0.3 is 5.97 Å². The van der Waals surface area contributed by atoms with E-state index >= 15 is 0 Å². The summed E-state index contributed by atoms with van der Waals surface area (Å²) in [5.74, 6) is -0.869. The molecule has 0 unspecified atom stereocenters. The van der Waals surface area contributed by atoms with Gasteiger partial charge in [0.2, 0.25) is 0 Å². The molecule has 0 atom stereocenters. The fraction of sp³-hybridized carbons (Fsp3) is 0.500. The molecule has 0 aliphatic rings. The molecule has 0 saturated carbocycles. The van der Waals surface area contributed by atoms with Gasteiger partial charge in [0.05, 0.1) is 7.11 Å². The highest BCUT2D eigenvalue weighted by Crippen LogP contribution is 2.18. The van der Waals surface area contributed by atoms with Crippen LogP contribution < -0.4 is 0 Å². The van der Waals surface area contributed by atoms with Gasteiger partial charge in [-0.05, 0) is 19.9 Å². The molecular formula is C8H12O3. The van der Waals surface area contributed by atoms with Gasteiger partial charge in [0, 0.05) is 0 Å². The van der Waals surface area contributed by atoms with Gasteiger partial charge in [-0.1, -0.05) is 6.58 Å². The summed E-state index contributed by atoms with van der Waals surface area (Å²) in [6.45, 7) is 6.29. The molecule has 0 aromatic carbocycles. The van der Waals surface area contributed by atoms with Gasteiger partial charge in [-0.2, -0.15) is 0 Å². The van der Waals surface area contributed by atoms with Crippen LogP contribution in [0.25, 0.3) is 0 Å². The van der Waals surface area contributed by atoms with E-state index in [9.17, 15) is 9.59 Å². The molecule has 0 bridgehead atoms. The number of carbonyl (C=O) groups is 2. The van der Waals surface area contributed by atoms with E-state index in [1.807, 2.05) is 0 Å². The first-order valence-corrected chi connectivity index (χ1v) is 3.22. The Morgan fingerprint density at radius 3 is 2.18 bits per heavy atom. The standard InChI is InChI=1S/C8H12O3/c1-5-6(9)8(2,3)7(10)11-4/h5H,1H2,2-4H3. The summed E-state index contributed by atoms with van der Waals surface area (Å²) in [4.78, 5) is 22.0. The highest BCUT2D eigenvalue weighted by molar-refractivity contribution is 6.08. The van der Waals surface area contributed by atoms with E-state index in [-0.39, 0.29) is 5.78 Å². The van der Waals surface area contributed by atoms with E-state index in [0.29, 0.717) is 0 Å². The smallest absolute Gasteiger partial charge is 0.319 e. The van der Waals surface area contributed by atoms with Crippen LogP contribution >= 0.6 is 0 Å². The van der Waals surface area contributed by atoms with Crippen molar-refractivity contribution in [3.63, 3.8) is 0 Å². The van der Waals surface area contributed by atoms with Crippen LogP contribution in [0.1, 0.15) is 13.8 Å². The molecule has 3 nitrogen and oxygen atoms in total. The van der Waals surface area contributed by atoms with Gasteiger partial charge in [-0.15, -0.1) is 0 Å². The second-order valence-corrected chi connectivity index (χ2v) is 2.68. The predicted octanol–water partition coefficient (Wildman–Crippen LogP) is 0.941. The van der Waals surface area contributed by atoms with E-state index < -0.39 is 11.4 Å². The van der Waals surface area contributed by atoms with Gasteiger partial charge in [-0.3, -0.25) is 9.59 Å². The van der Waals surface area contributed by atoms with Crippen molar-refractivity contribution >= 4 is 11.8 Å². The largest absolute Gasteiger partial charge is 0.468 e. The topological polar surface area (TPSA) is 43.4 Å². The summed E-state index contributed by atoms with van der Waals surface area (Å²) < 4.78 is 4.43. The lowest BCUT2D eigenvalue weighted by Crippen LogP contribution is -2.33. The molecule has 0 aliphatic heterocycles. The number of rotatable bonds is 3. The minimum absolute atomic E-state index is 0.329. The van der Waals surface area contributed by atoms with E-state index in [2.05, 4.69) is 11.3 Å². The molecule has 0 aliphatic carbocycles. The van der Waals surface area contributed by atoms with E-state index in [4.69, 9.17) is 0 Å². The average Bonchev–Trinajstić information content (AvgIpc) is 2.01. The van der Waals surface area contributed by atoms with Crippen LogP contribution in [0.5, 0.6) is 0 Å². The van der Waals surface area contributed by atoms with Crippen LogP contribution in [0.2, 0.25) is 0 Å². The third kappa shape index (κ3) is 1.90. The molecule has 3 heteroatoms. The first-order chi connectivity index (χ1) is 4.96. The lowest BCUT2D eigenvalue weighted by molar-refractivity contribution is -0.154. The van der Waals surface area contributed by atoms with Crippen molar-refractivity contribution in [2.45, 2.75) is 13.8 Å². The quantitative estimate of drug-likeness (QED) is 0.347. The minimum atomic E-state index is -1.10. The van der Waals surface area contributed by atoms with Crippen LogP contribution in [-0.2, 0) is 14.3 Å². The van der Waals surface area contributed by atoms with Crippen molar-refractivity contribution in [3.05, 3.63) is 12.7 Å². The fourth-order valence-corrected chi connectivity index (χ4v) is 0.611. The molecule has 0 aromatic heterocycles. The number of methoxy groups -OCH3 is 1. The average molecular weight is 156 g/mol. The molecule has 62 valence electrons. The highest BCUT2D eigenvalue weighted by Gasteiger charge is 2.34. The van der Waals surface area contributed by atoms with Crippen molar-refractivity contribution < 1.29 is 14.3 Å². The summed E-state index contributed by atoms with van der Waals surface area (Å²) in [6.07, 6.45) is 1.12. The molecule has 0 rings (SSSR count). The number of ketones is 1. The van der Waals surface area contributed by atoms with Gasteiger partial charge in [0.25, 0.3) is 0 Å². The van der Waals surface area contributed by atoms with Crippen molar-refractivity contribution in [1.29, 1.82) is 0 Å². The first-order valence-electron chi connectivity index (χ1n) is 3.22. The Morgan fingerprint density at radius 2 is 1.91 bits per heavy atom. The second kappa shape index (κ2) is 3.32. The normalized spacial score (nSPS) is 10.5. The maximum Gasteiger partial charge on any atom is 0.319 e. The third-order valence-electron chi connectivity index (χ3n) is 1.50. The van der Waals surface area contributed by atoms with Gasteiger partial charge < -0.3 is 4.74 Å². The third-order valence-corrected chi connectivity index (χ3v) is 1.50. The van der Waals surface area contributed by atoms with Crippen LogP contribution in [0, 0.1) is 5.41 Å². The van der Waals surface area contributed by atoms with Gasteiger partial charge in [0.15, 0.2) is 5.78 Å². The van der Waals surface area contributed by atoms with Crippen LogP contribution in [0.15, 0.2) is 12.7 Å². The van der Waals surface area contributed by atoms with E-state index in [0.717, 1.165) is 6.08 Å². The zero-order chi connectivity index (χ0) is 9.07. The first kappa shape index (κ1) is 9.88. The zero-order valence-corrected chi connectivity index (χ0v) is 7.01. The lowest BCUT2D eigenvalue weighted by atomic mass is 9.88. The van der Waals surface area contributed by atoms with Crippen molar-refractivity contribution in [2.24, 2.45) is 5.41 Å². The monoisotopic (exact) mass is 156 g/mol. The SMILES string of the molecule is C=CC(=O)C(C)(C)C(=O)OC. The predicted molar refractivity (Wildman–Crippen MR) is 41.0 cm³/mol. The number of esters is 1. The Balaban J connectivity index is 4.57. The number of carbonyl (C=O) groups excluding carboxylic acids is 2. The molecule has 0 N–H and O–H groups in total. The molecule has 0 amide bonds. The maximum atomic E-state index is 11.0. The summed E-state index contributed by atoms with van der Waals surface area (Å²) in [7, 11) is 1.25.